The van der Waals surface area contributed by atoms with Crippen LogP contribution in [0.5, 0.6) is 0 Å². The van der Waals surface area contributed by atoms with Gasteiger partial charge in [0, 0.05) is 10.1 Å². The van der Waals surface area contributed by atoms with E-state index in [1.54, 1.807) is 0 Å². The molecule has 0 aromatic heterocycles. The summed E-state index contributed by atoms with van der Waals surface area (Å²) < 4.78 is 0. The Balaban J connectivity index is 2.10. The summed E-state index contributed by atoms with van der Waals surface area (Å²) in [5, 5.41) is 3.73. The largest absolute Gasteiger partial charge is 0.323 e. The zero-order chi connectivity index (χ0) is 15.3. The van der Waals surface area contributed by atoms with Gasteiger partial charge in [-0.3, -0.25) is 4.79 Å². The molecule has 3 nitrogen and oxygen atoms in total. The lowest BCUT2D eigenvalue weighted by Gasteiger charge is -2.26. The second kappa shape index (κ2) is 7.32. The van der Waals surface area contributed by atoms with Gasteiger partial charge >= 0.3 is 0 Å². The molecule has 1 amide bonds. The van der Waals surface area contributed by atoms with Crippen molar-refractivity contribution in [3.05, 3.63) is 24.3 Å². The molecule has 1 fully saturated rings. The predicted octanol–water partition coefficient (Wildman–Crippen LogP) is 4.18. The lowest BCUT2D eigenvalue weighted by atomic mass is 9.93. The highest BCUT2D eigenvalue weighted by Crippen LogP contribution is 2.38. The third-order valence-electron chi connectivity index (χ3n) is 4.45. The van der Waals surface area contributed by atoms with Gasteiger partial charge in [0.15, 0.2) is 0 Å². The van der Waals surface area contributed by atoms with Gasteiger partial charge in [0.2, 0.25) is 5.91 Å². The van der Waals surface area contributed by atoms with Gasteiger partial charge in [-0.25, -0.2) is 0 Å². The molecule has 1 aromatic carbocycles. The number of hydrogen-bond acceptors (Lipinski definition) is 3. The molecule has 0 atom stereocenters. The van der Waals surface area contributed by atoms with Crippen LogP contribution in [0.25, 0.3) is 0 Å². The van der Waals surface area contributed by atoms with Crippen LogP contribution in [0.4, 0.5) is 5.69 Å². The fourth-order valence-electron chi connectivity index (χ4n) is 2.68. The SMILES string of the molecule is CCC(N)(CC)C(=O)Nc1ccccc1SC1CCCC1. The minimum Gasteiger partial charge on any atom is -0.323 e. The van der Waals surface area contributed by atoms with Crippen molar-refractivity contribution in [3.63, 3.8) is 0 Å². The summed E-state index contributed by atoms with van der Waals surface area (Å²) >= 11 is 1.89. The number of carbonyl (C=O) groups excluding carboxylic acids is 1. The quantitative estimate of drug-likeness (QED) is 0.829. The second-order valence-electron chi connectivity index (χ2n) is 5.84. The summed E-state index contributed by atoms with van der Waals surface area (Å²) in [6.45, 7) is 3.92. The Hall–Kier alpha value is -1.00. The first-order chi connectivity index (χ1) is 10.1. The van der Waals surface area contributed by atoms with Crippen LogP contribution in [-0.2, 0) is 4.79 Å². The molecule has 4 heteroatoms. The van der Waals surface area contributed by atoms with Crippen LogP contribution in [0.15, 0.2) is 29.2 Å². The van der Waals surface area contributed by atoms with Crippen molar-refractivity contribution in [1.82, 2.24) is 0 Å². The van der Waals surface area contributed by atoms with Crippen molar-refractivity contribution < 1.29 is 4.79 Å². The molecule has 0 bridgehead atoms. The number of rotatable bonds is 6. The Morgan fingerprint density at radius 1 is 1.29 bits per heavy atom. The topological polar surface area (TPSA) is 55.1 Å². The minimum atomic E-state index is -0.773. The van der Waals surface area contributed by atoms with E-state index < -0.39 is 5.54 Å². The highest BCUT2D eigenvalue weighted by Gasteiger charge is 2.30. The molecule has 0 aliphatic heterocycles. The molecule has 0 unspecified atom stereocenters. The Bertz CT molecular complexity index is 479. The second-order valence-corrected chi connectivity index (χ2v) is 7.18. The lowest BCUT2D eigenvalue weighted by Crippen LogP contribution is -2.50. The maximum atomic E-state index is 12.4. The Labute approximate surface area is 132 Å². The minimum absolute atomic E-state index is 0.0769. The van der Waals surface area contributed by atoms with Gasteiger partial charge in [0.05, 0.1) is 11.2 Å². The molecule has 1 aromatic rings. The fraction of sp³-hybridized carbons (Fsp3) is 0.588. The van der Waals surface area contributed by atoms with Gasteiger partial charge in [-0.15, -0.1) is 11.8 Å². The van der Waals surface area contributed by atoms with Crippen molar-refractivity contribution in [3.8, 4) is 0 Å². The van der Waals surface area contributed by atoms with E-state index >= 15 is 0 Å². The molecule has 0 saturated heterocycles. The van der Waals surface area contributed by atoms with E-state index in [1.807, 2.05) is 43.8 Å². The van der Waals surface area contributed by atoms with Gasteiger partial charge in [-0.05, 0) is 37.8 Å². The van der Waals surface area contributed by atoms with Crippen LogP contribution in [0.3, 0.4) is 0 Å². The van der Waals surface area contributed by atoms with Gasteiger partial charge < -0.3 is 11.1 Å². The molecule has 21 heavy (non-hydrogen) atoms. The summed E-state index contributed by atoms with van der Waals surface area (Å²) in [6, 6.07) is 8.06. The number of benzene rings is 1. The summed E-state index contributed by atoms with van der Waals surface area (Å²) in [6.07, 6.45) is 6.49. The zero-order valence-electron chi connectivity index (χ0n) is 13.0. The van der Waals surface area contributed by atoms with Crippen LogP contribution >= 0.6 is 11.8 Å². The summed E-state index contributed by atoms with van der Waals surface area (Å²) in [7, 11) is 0. The third-order valence-corrected chi connectivity index (χ3v) is 5.86. The number of nitrogens with two attached hydrogens (primary N) is 1. The molecular weight excluding hydrogens is 280 g/mol. The van der Waals surface area contributed by atoms with Crippen LogP contribution in [0.2, 0.25) is 0 Å². The van der Waals surface area contributed by atoms with Crippen molar-refractivity contribution >= 4 is 23.4 Å². The Morgan fingerprint density at radius 2 is 1.90 bits per heavy atom. The first kappa shape index (κ1) is 16.4. The highest BCUT2D eigenvalue weighted by atomic mass is 32.2. The molecule has 1 saturated carbocycles. The number of anilines is 1. The number of amides is 1. The van der Waals surface area contributed by atoms with Crippen LogP contribution < -0.4 is 11.1 Å². The molecule has 116 valence electrons. The van der Waals surface area contributed by atoms with E-state index in [0.29, 0.717) is 18.1 Å². The number of para-hydroxylation sites is 1. The zero-order valence-corrected chi connectivity index (χ0v) is 13.8. The number of carbonyl (C=O) groups is 1. The van der Waals surface area contributed by atoms with E-state index in [0.717, 1.165) is 10.6 Å². The van der Waals surface area contributed by atoms with Gasteiger partial charge in [-0.2, -0.15) is 0 Å². The standard InChI is InChI=1S/C17H26N2OS/c1-3-17(18,4-2)16(20)19-14-11-7-8-12-15(14)21-13-9-5-6-10-13/h7-8,11-13H,3-6,9-10,18H2,1-2H3,(H,19,20). The smallest absolute Gasteiger partial charge is 0.244 e. The molecule has 1 aliphatic rings. The molecular formula is C17H26N2OS. The van der Waals surface area contributed by atoms with Crippen molar-refractivity contribution in [2.45, 2.75) is 68.1 Å². The van der Waals surface area contributed by atoms with Crippen LogP contribution in [0.1, 0.15) is 52.4 Å². The molecule has 3 N–H and O–H groups in total. The number of thioether (sulfide) groups is 1. The van der Waals surface area contributed by atoms with Gasteiger partial charge in [-0.1, -0.05) is 38.8 Å². The first-order valence-electron chi connectivity index (χ1n) is 7.95. The summed E-state index contributed by atoms with van der Waals surface area (Å²) in [5.74, 6) is -0.0769. The molecule has 2 rings (SSSR count). The fourth-order valence-corrected chi connectivity index (χ4v) is 4.01. The average molecular weight is 306 g/mol. The van der Waals surface area contributed by atoms with E-state index in [1.165, 1.54) is 25.7 Å². The van der Waals surface area contributed by atoms with E-state index in [2.05, 4.69) is 11.4 Å². The Kier molecular flexibility index (Phi) is 5.71. The Morgan fingerprint density at radius 3 is 2.52 bits per heavy atom. The number of hydrogen-bond donors (Lipinski definition) is 2. The van der Waals surface area contributed by atoms with Crippen LogP contribution in [-0.4, -0.2) is 16.7 Å². The van der Waals surface area contributed by atoms with E-state index in [-0.39, 0.29) is 5.91 Å². The third kappa shape index (κ3) is 4.01. The summed E-state index contributed by atoms with van der Waals surface area (Å²) in [4.78, 5) is 13.6. The normalized spacial score (nSPS) is 16.1. The van der Waals surface area contributed by atoms with E-state index in [4.69, 9.17) is 5.73 Å². The predicted molar refractivity (Wildman–Crippen MR) is 90.7 cm³/mol. The first-order valence-corrected chi connectivity index (χ1v) is 8.83. The average Bonchev–Trinajstić information content (AvgIpc) is 3.01. The maximum Gasteiger partial charge on any atom is 0.244 e. The van der Waals surface area contributed by atoms with Crippen molar-refractivity contribution in [2.75, 3.05) is 5.32 Å². The highest BCUT2D eigenvalue weighted by molar-refractivity contribution is 8.00. The molecule has 0 radical (unpaired) electrons. The van der Waals surface area contributed by atoms with Crippen LogP contribution in [0, 0.1) is 0 Å². The van der Waals surface area contributed by atoms with E-state index in [9.17, 15) is 4.79 Å². The monoisotopic (exact) mass is 306 g/mol. The lowest BCUT2D eigenvalue weighted by molar-refractivity contribution is -0.121. The number of nitrogens with one attached hydrogen (secondary N) is 1. The van der Waals surface area contributed by atoms with Crippen molar-refractivity contribution in [2.24, 2.45) is 5.73 Å². The van der Waals surface area contributed by atoms with Gasteiger partial charge in [0.25, 0.3) is 0 Å². The van der Waals surface area contributed by atoms with Crippen molar-refractivity contribution in [1.29, 1.82) is 0 Å². The maximum absolute atomic E-state index is 12.4. The molecule has 1 aliphatic carbocycles. The molecule has 0 spiro atoms. The van der Waals surface area contributed by atoms with Gasteiger partial charge in [0.1, 0.15) is 0 Å². The summed E-state index contributed by atoms with van der Waals surface area (Å²) in [5.41, 5.74) is 6.31. The molecule has 0 heterocycles.